The van der Waals surface area contributed by atoms with Crippen molar-refractivity contribution in [3.8, 4) is 0 Å². The summed E-state index contributed by atoms with van der Waals surface area (Å²) >= 11 is 0. The predicted octanol–water partition coefficient (Wildman–Crippen LogP) is 3.70. The van der Waals surface area contributed by atoms with E-state index in [9.17, 15) is 4.79 Å². The summed E-state index contributed by atoms with van der Waals surface area (Å²) in [5.41, 5.74) is 3.35. The molecule has 1 aromatic carbocycles. The first kappa shape index (κ1) is 12.2. The van der Waals surface area contributed by atoms with Gasteiger partial charge in [0.25, 0.3) is 0 Å². The molecule has 1 heterocycles. The van der Waals surface area contributed by atoms with E-state index in [2.05, 4.69) is 11.4 Å². The summed E-state index contributed by atoms with van der Waals surface area (Å²) in [7, 11) is 0. The average molecular weight is 241 g/mol. The van der Waals surface area contributed by atoms with E-state index >= 15 is 0 Å². The van der Waals surface area contributed by atoms with E-state index in [0.29, 0.717) is 5.76 Å². The number of anilines is 1. The van der Waals surface area contributed by atoms with Gasteiger partial charge in [-0.15, -0.1) is 0 Å². The third-order valence-electron chi connectivity index (χ3n) is 2.62. The number of aryl methyl sites for hydroxylation is 2. The lowest BCUT2D eigenvalue weighted by atomic mass is 10.1. The van der Waals surface area contributed by atoms with E-state index in [-0.39, 0.29) is 5.78 Å². The number of carbonyl (C=O) groups is 1. The Kier molecular flexibility index (Phi) is 3.63. The lowest BCUT2D eigenvalue weighted by molar-refractivity contribution is 0.102. The Morgan fingerprint density at radius 3 is 2.78 bits per heavy atom. The fourth-order valence-electron chi connectivity index (χ4n) is 1.68. The van der Waals surface area contributed by atoms with Crippen molar-refractivity contribution < 1.29 is 9.21 Å². The molecular formula is C15H15NO2. The maximum atomic E-state index is 11.6. The van der Waals surface area contributed by atoms with Crippen molar-refractivity contribution in [2.45, 2.75) is 13.8 Å². The molecule has 92 valence electrons. The van der Waals surface area contributed by atoms with Crippen molar-refractivity contribution in [3.05, 3.63) is 65.8 Å². The zero-order chi connectivity index (χ0) is 13.0. The molecule has 0 radical (unpaired) electrons. The van der Waals surface area contributed by atoms with Crippen LogP contribution in [-0.4, -0.2) is 5.78 Å². The Balaban J connectivity index is 2.01. The molecule has 3 nitrogen and oxygen atoms in total. The van der Waals surface area contributed by atoms with Gasteiger partial charge in [-0.1, -0.05) is 17.7 Å². The number of rotatable bonds is 4. The zero-order valence-electron chi connectivity index (χ0n) is 10.4. The normalized spacial score (nSPS) is 10.8. The van der Waals surface area contributed by atoms with Gasteiger partial charge in [0.2, 0.25) is 5.78 Å². The summed E-state index contributed by atoms with van der Waals surface area (Å²) in [6, 6.07) is 9.44. The van der Waals surface area contributed by atoms with Gasteiger partial charge in [0.15, 0.2) is 5.76 Å². The van der Waals surface area contributed by atoms with Crippen LogP contribution in [0, 0.1) is 13.8 Å². The van der Waals surface area contributed by atoms with Crippen molar-refractivity contribution in [2.24, 2.45) is 0 Å². The van der Waals surface area contributed by atoms with Crippen LogP contribution < -0.4 is 5.32 Å². The third-order valence-corrected chi connectivity index (χ3v) is 2.62. The van der Waals surface area contributed by atoms with E-state index in [1.807, 2.05) is 26.0 Å². The molecule has 18 heavy (non-hydrogen) atoms. The summed E-state index contributed by atoms with van der Waals surface area (Å²) < 4.78 is 5.01. The van der Waals surface area contributed by atoms with Crippen LogP contribution in [0.4, 0.5) is 5.69 Å². The number of nitrogens with one attached hydrogen (secondary N) is 1. The molecule has 1 aromatic heterocycles. The van der Waals surface area contributed by atoms with Crippen LogP contribution in [0.2, 0.25) is 0 Å². The minimum absolute atomic E-state index is 0.155. The Morgan fingerprint density at radius 1 is 1.28 bits per heavy atom. The number of carbonyl (C=O) groups excluding carboxylic acids is 1. The summed E-state index contributed by atoms with van der Waals surface area (Å²) in [6.07, 6.45) is 4.57. The SMILES string of the molecule is Cc1ccc(N/C=C/C(=O)c2ccco2)c(C)c1. The number of ketones is 1. The molecule has 0 atom stereocenters. The first-order valence-electron chi connectivity index (χ1n) is 5.75. The predicted molar refractivity (Wildman–Crippen MR) is 71.7 cm³/mol. The van der Waals surface area contributed by atoms with Gasteiger partial charge in [0.05, 0.1) is 6.26 Å². The monoisotopic (exact) mass is 241 g/mol. The number of benzene rings is 1. The first-order valence-corrected chi connectivity index (χ1v) is 5.75. The van der Waals surface area contributed by atoms with Gasteiger partial charge in [0.1, 0.15) is 0 Å². The minimum atomic E-state index is -0.155. The van der Waals surface area contributed by atoms with Crippen LogP contribution in [0.1, 0.15) is 21.7 Å². The van der Waals surface area contributed by atoms with Crippen molar-refractivity contribution in [1.29, 1.82) is 0 Å². The molecule has 0 bridgehead atoms. The van der Waals surface area contributed by atoms with E-state index in [0.717, 1.165) is 11.3 Å². The van der Waals surface area contributed by atoms with Crippen LogP contribution in [-0.2, 0) is 0 Å². The van der Waals surface area contributed by atoms with Crippen LogP contribution >= 0.6 is 0 Å². The van der Waals surface area contributed by atoms with Gasteiger partial charge in [-0.3, -0.25) is 4.79 Å². The molecule has 0 amide bonds. The maximum absolute atomic E-state index is 11.6. The molecule has 0 aliphatic heterocycles. The van der Waals surface area contributed by atoms with Crippen LogP contribution in [0.3, 0.4) is 0 Å². The summed E-state index contributed by atoms with van der Waals surface area (Å²) in [5.74, 6) is 0.186. The van der Waals surface area contributed by atoms with Crippen LogP contribution in [0.15, 0.2) is 53.3 Å². The molecule has 3 heteroatoms. The van der Waals surface area contributed by atoms with Crippen molar-refractivity contribution in [1.82, 2.24) is 0 Å². The van der Waals surface area contributed by atoms with E-state index in [4.69, 9.17) is 4.42 Å². The molecule has 0 fully saturated rings. The van der Waals surface area contributed by atoms with Gasteiger partial charge >= 0.3 is 0 Å². The highest BCUT2D eigenvalue weighted by Gasteiger charge is 2.03. The lowest BCUT2D eigenvalue weighted by Gasteiger charge is -2.05. The maximum Gasteiger partial charge on any atom is 0.222 e. The highest BCUT2D eigenvalue weighted by molar-refractivity contribution is 6.02. The second-order valence-electron chi connectivity index (χ2n) is 4.14. The minimum Gasteiger partial charge on any atom is -0.461 e. The standard InChI is InChI=1S/C15H15NO2/c1-11-5-6-13(12(2)10-11)16-8-7-14(17)15-4-3-9-18-15/h3-10,16H,1-2H3/b8-7+. The number of allylic oxidation sites excluding steroid dienone is 1. The van der Waals surface area contributed by atoms with E-state index < -0.39 is 0 Å². The first-order chi connectivity index (χ1) is 8.66. The van der Waals surface area contributed by atoms with Gasteiger partial charge in [-0.05, 0) is 37.6 Å². The van der Waals surface area contributed by atoms with Crippen LogP contribution in [0.5, 0.6) is 0 Å². The van der Waals surface area contributed by atoms with Gasteiger partial charge < -0.3 is 9.73 Å². The summed E-state index contributed by atoms with van der Waals surface area (Å²) in [5, 5.41) is 3.09. The van der Waals surface area contributed by atoms with E-state index in [1.165, 1.54) is 17.9 Å². The molecule has 0 spiro atoms. The fourth-order valence-corrected chi connectivity index (χ4v) is 1.68. The second-order valence-corrected chi connectivity index (χ2v) is 4.14. The molecule has 0 aliphatic carbocycles. The Bertz CT molecular complexity index is 568. The van der Waals surface area contributed by atoms with Crippen molar-refractivity contribution in [2.75, 3.05) is 5.32 Å². The van der Waals surface area contributed by atoms with Gasteiger partial charge in [0, 0.05) is 18.0 Å². The number of hydrogen-bond acceptors (Lipinski definition) is 3. The van der Waals surface area contributed by atoms with Gasteiger partial charge in [-0.25, -0.2) is 0 Å². The molecule has 0 saturated carbocycles. The molecule has 0 aliphatic rings. The molecule has 2 rings (SSSR count). The second kappa shape index (κ2) is 5.36. The van der Waals surface area contributed by atoms with E-state index in [1.54, 1.807) is 18.3 Å². The third kappa shape index (κ3) is 2.88. The molecule has 1 N–H and O–H groups in total. The molecular weight excluding hydrogens is 226 g/mol. The lowest BCUT2D eigenvalue weighted by Crippen LogP contribution is -1.95. The smallest absolute Gasteiger partial charge is 0.222 e. The largest absolute Gasteiger partial charge is 0.461 e. The fraction of sp³-hybridized carbons (Fsp3) is 0.133. The quantitative estimate of drug-likeness (QED) is 0.655. The molecule has 0 unspecified atom stereocenters. The molecule has 2 aromatic rings. The average Bonchev–Trinajstić information content (AvgIpc) is 2.85. The Hall–Kier alpha value is -2.29. The zero-order valence-corrected chi connectivity index (χ0v) is 10.4. The van der Waals surface area contributed by atoms with Gasteiger partial charge in [-0.2, -0.15) is 0 Å². The highest BCUT2D eigenvalue weighted by Crippen LogP contribution is 2.15. The topological polar surface area (TPSA) is 42.2 Å². The van der Waals surface area contributed by atoms with Crippen molar-refractivity contribution in [3.63, 3.8) is 0 Å². The summed E-state index contributed by atoms with van der Waals surface area (Å²) in [6.45, 7) is 4.07. The Labute approximate surface area is 106 Å². The number of furan rings is 1. The highest BCUT2D eigenvalue weighted by atomic mass is 16.3. The Morgan fingerprint density at radius 2 is 2.11 bits per heavy atom. The molecule has 0 saturated heterocycles. The summed E-state index contributed by atoms with van der Waals surface area (Å²) in [4.78, 5) is 11.6. The van der Waals surface area contributed by atoms with Crippen molar-refractivity contribution >= 4 is 11.5 Å². The number of hydrogen-bond donors (Lipinski definition) is 1. The van der Waals surface area contributed by atoms with Crippen LogP contribution in [0.25, 0.3) is 0 Å².